The lowest BCUT2D eigenvalue weighted by molar-refractivity contribution is -0.115. The van der Waals surface area contributed by atoms with Crippen LogP contribution in [0.5, 0.6) is 11.5 Å². The van der Waals surface area contributed by atoms with Crippen molar-refractivity contribution in [2.75, 3.05) is 31.4 Å². The van der Waals surface area contributed by atoms with Gasteiger partial charge in [0, 0.05) is 30.4 Å². The van der Waals surface area contributed by atoms with Gasteiger partial charge in [-0.05, 0) is 36.6 Å². The minimum Gasteiger partial charge on any atom is -0.493 e. The Bertz CT molecular complexity index is 729. The van der Waals surface area contributed by atoms with Crippen LogP contribution in [-0.4, -0.2) is 26.7 Å². The van der Waals surface area contributed by atoms with Crippen LogP contribution in [0.3, 0.4) is 0 Å². The van der Waals surface area contributed by atoms with Crippen LogP contribution in [0, 0.1) is 6.92 Å². The molecule has 0 aromatic heterocycles. The molecule has 2 aromatic rings. The van der Waals surface area contributed by atoms with E-state index in [1.165, 1.54) is 11.1 Å². The third kappa shape index (κ3) is 4.89. The van der Waals surface area contributed by atoms with Crippen LogP contribution in [0.25, 0.3) is 0 Å². The second-order valence-electron chi connectivity index (χ2n) is 5.76. The Morgan fingerprint density at radius 3 is 2.52 bits per heavy atom. The average molecular weight is 342 g/mol. The van der Waals surface area contributed by atoms with Crippen LogP contribution >= 0.6 is 0 Å². The van der Waals surface area contributed by atoms with Gasteiger partial charge in [-0.3, -0.25) is 4.79 Å². The smallest absolute Gasteiger partial charge is 0.226 e. The fraction of sp³-hybridized carbons (Fsp3) is 0.350. The summed E-state index contributed by atoms with van der Waals surface area (Å²) in [7, 11) is 3.15. The molecule has 0 atom stereocenters. The summed E-state index contributed by atoms with van der Waals surface area (Å²) in [4.78, 5) is 12.2. The van der Waals surface area contributed by atoms with Crippen molar-refractivity contribution in [3.63, 3.8) is 0 Å². The van der Waals surface area contributed by atoms with Crippen LogP contribution < -0.4 is 20.1 Å². The maximum Gasteiger partial charge on any atom is 0.226 e. The van der Waals surface area contributed by atoms with Crippen molar-refractivity contribution < 1.29 is 14.3 Å². The molecular weight excluding hydrogens is 316 g/mol. The minimum absolute atomic E-state index is 0.0497. The Balaban J connectivity index is 1.91. The summed E-state index contributed by atoms with van der Waals surface area (Å²) in [5, 5.41) is 6.27. The number of para-hydroxylation sites is 1. The van der Waals surface area contributed by atoms with Crippen molar-refractivity contribution in [3.8, 4) is 11.5 Å². The maximum absolute atomic E-state index is 12.2. The zero-order chi connectivity index (χ0) is 18.2. The Hall–Kier alpha value is -2.69. The van der Waals surface area contributed by atoms with Gasteiger partial charge in [0.1, 0.15) is 0 Å². The molecule has 5 heteroatoms. The Kier molecular flexibility index (Phi) is 6.69. The summed E-state index contributed by atoms with van der Waals surface area (Å²) in [6.45, 7) is 4.78. The van der Waals surface area contributed by atoms with Crippen molar-refractivity contribution in [2.45, 2.75) is 26.7 Å². The molecule has 0 saturated carbocycles. The number of benzene rings is 2. The molecule has 0 radical (unpaired) electrons. The van der Waals surface area contributed by atoms with Gasteiger partial charge < -0.3 is 20.1 Å². The molecular formula is C20H26N2O3. The van der Waals surface area contributed by atoms with E-state index in [2.05, 4.69) is 42.7 Å². The van der Waals surface area contributed by atoms with Crippen LogP contribution in [-0.2, 0) is 11.2 Å². The number of ether oxygens (including phenoxy) is 2. The van der Waals surface area contributed by atoms with Gasteiger partial charge in [0.25, 0.3) is 0 Å². The fourth-order valence-electron chi connectivity index (χ4n) is 2.71. The lowest BCUT2D eigenvalue weighted by Gasteiger charge is -2.14. The van der Waals surface area contributed by atoms with Gasteiger partial charge in [-0.1, -0.05) is 25.1 Å². The van der Waals surface area contributed by atoms with Gasteiger partial charge in [0.2, 0.25) is 5.91 Å². The SMILES string of the molecule is CCc1cccc(C)c1NCCC(=O)Nc1ccc(OC)c(OC)c1. The zero-order valence-corrected chi connectivity index (χ0v) is 15.3. The van der Waals surface area contributed by atoms with Crippen molar-refractivity contribution in [1.82, 2.24) is 0 Å². The summed E-state index contributed by atoms with van der Waals surface area (Å²) in [5.74, 6) is 1.17. The van der Waals surface area contributed by atoms with Gasteiger partial charge in [-0.25, -0.2) is 0 Å². The predicted octanol–water partition coefficient (Wildman–Crippen LogP) is 4.02. The van der Waals surface area contributed by atoms with E-state index in [-0.39, 0.29) is 5.91 Å². The number of rotatable bonds is 8. The molecule has 134 valence electrons. The van der Waals surface area contributed by atoms with Gasteiger partial charge in [0.05, 0.1) is 14.2 Å². The number of nitrogens with one attached hydrogen (secondary N) is 2. The number of hydrogen-bond acceptors (Lipinski definition) is 4. The van der Waals surface area contributed by atoms with Gasteiger partial charge in [-0.15, -0.1) is 0 Å². The number of anilines is 2. The van der Waals surface area contributed by atoms with Gasteiger partial charge in [-0.2, -0.15) is 0 Å². The summed E-state index contributed by atoms with van der Waals surface area (Å²) in [5.41, 5.74) is 4.27. The second-order valence-corrected chi connectivity index (χ2v) is 5.76. The van der Waals surface area contributed by atoms with Crippen LogP contribution in [0.1, 0.15) is 24.5 Å². The molecule has 5 nitrogen and oxygen atoms in total. The first-order valence-electron chi connectivity index (χ1n) is 8.43. The highest BCUT2D eigenvalue weighted by Crippen LogP contribution is 2.29. The predicted molar refractivity (Wildman–Crippen MR) is 102 cm³/mol. The lowest BCUT2D eigenvalue weighted by atomic mass is 10.1. The summed E-state index contributed by atoms with van der Waals surface area (Å²) in [6, 6.07) is 11.6. The van der Waals surface area contributed by atoms with Crippen molar-refractivity contribution in [2.24, 2.45) is 0 Å². The molecule has 0 heterocycles. The molecule has 0 aliphatic carbocycles. The quantitative estimate of drug-likeness (QED) is 0.761. The monoisotopic (exact) mass is 342 g/mol. The third-order valence-corrected chi connectivity index (χ3v) is 4.06. The standard InChI is InChI=1S/C20H26N2O3/c1-5-15-8-6-7-14(2)20(15)21-12-11-19(23)22-16-9-10-17(24-3)18(13-16)25-4/h6-10,13,21H,5,11-12H2,1-4H3,(H,22,23). The van der Waals surface area contributed by atoms with E-state index < -0.39 is 0 Å². The zero-order valence-electron chi connectivity index (χ0n) is 15.3. The molecule has 2 aromatic carbocycles. The molecule has 0 spiro atoms. The highest BCUT2D eigenvalue weighted by molar-refractivity contribution is 5.91. The number of methoxy groups -OCH3 is 2. The van der Waals surface area contributed by atoms with Gasteiger partial charge >= 0.3 is 0 Å². The maximum atomic E-state index is 12.2. The molecule has 1 amide bonds. The van der Waals surface area contributed by atoms with Crippen LogP contribution in [0.4, 0.5) is 11.4 Å². The van der Waals surface area contributed by atoms with E-state index in [9.17, 15) is 4.79 Å². The fourth-order valence-corrected chi connectivity index (χ4v) is 2.71. The van der Waals surface area contributed by atoms with E-state index in [4.69, 9.17) is 9.47 Å². The molecule has 2 N–H and O–H groups in total. The number of carbonyl (C=O) groups is 1. The molecule has 0 fully saturated rings. The van der Waals surface area contributed by atoms with Crippen LogP contribution in [0.2, 0.25) is 0 Å². The Labute approximate surface area is 149 Å². The summed E-state index contributed by atoms with van der Waals surface area (Å²) >= 11 is 0. The number of hydrogen-bond donors (Lipinski definition) is 2. The van der Waals surface area contributed by atoms with Crippen molar-refractivity contribution in [3.05, 3.63) is 47.5 Å². The van der Waals surface area contributed by atoms with Crippen LogP contribution in [0.15, 0.2) is 36.4 Å². The Morgan fingerprint density at radius 2 is 1.84 bits per heavy atom. The largest absolute Gasteiger partial charge is 0.493 e. The first kappa shape index (κ1) is 18.6. The van der Waals surface area contributed by atoms with Gasteiger partial charge in [0.15, 0.2) is 11.5 Å². The molecule has 0 saturated heterocycles. The van der Waals surface area contributed by atoms with E-state index in [0.717, 1.165) is 12.1 Å². The second kappa shape index (κ2) is 8.97. The van der Waals surface area contributed by atoms with Crippen molar-refractivity contribution in [1.29, 1.82) is 0 Å². The van der Waals surface area contributed by atoms with E-state index >= 15 is 0 Å². The molecule has 0 aliphatic rings. The lowest BCUT2D eigenvalue weighted by Crippen LogP contribution is -2.17. The Morgan fingerprint density at radius 1 is 1.08 bits per heavy atom. The molecule has 0 unspecified atom stereocenters. The topological polar surface area (TPSA) is 59.6 Å². The number of carbonyl (C=O) groups excluding carboxylic acids is 1. The van der Waals surface area contributed by atoms with E-state index in [1.54, 1.807) is 32.4 Å². The average Bonchev–Trinajstić information content (AvgIpc) is 2.62. The number of aryl methyl sites for hydroxylation is 2. The highest BCUT2D eigenvalue weighted by atomic mass is 16.5. The summed E-state index contributed by atoms with van der Waals surface area (Å²) in [6.07, 6.45) is 1.34. The summed E-state index contributed by atoms with van der Waals surface area (Å²) < 4.78 is 10.4. The first-order chi connectivity index (χ1) is 12.1. The molecule has 2 rings (SSSR count). The van der Waals surface area contributed by atoms with Crippen molar-refractivity contribution >= 4 is 17.3 Å². The molecule has 0 bridgehead atoms. The third-order valence-electron chi connectivity index (χ3n) is 4.06. The number of amides is 1. The highest BCUT2D eigenvalue weighted by Gasteiger charge is 2.08. The first-order valence-corrected chi connectivity index (χ1v) is 8.43. The minimum atomic E-state index is -0.0497. The molecule has 0 aliphatic heterocycles. The van der Waals surface area contributed by atoms with E-state index in [1.807, 2.05) is 0 Å². The van der Waals surface area contributed by atoms with E-state index in [0.29, 0.717) is 30.2 Å². The molecule has 25 heavy (non-hydrogen) atoms. The normalized spacial score (nSPS) is 10.2.